The summed E-state index contributed by atoms with van der Waals surface area (Å²) in [6.45, 7) is 10.2. The number of anilines is 1. The fraction of sp³-hybridized carbons (Fsp3) is 0.462. The summed E-state index contributed by atoms with van der Waals surface area (Å²) in [6.07, 6.45) is 3.25. The third kappa shape index (κ3) is 6.02. The first-order chi connectivity index (χ1) is 15.3. The summed E-state index contributed by atoms with van der Waals surface area (Å²) in [5, 5.41) is 3.02. The third-order valence-electron chi connectivity index (χ3n) is 5.55. The van der Waals surface area contributed by atoms with E-state index in [1.165, 1.54) is 6.42 Å². The molecule has 0 spiro atoms. The highest BCUT2D eigenvalue weighted by atomic mass is 16.5. The van der Waals surface area contributed by atoms with E-state index in [0.29, 0.717) is 23.7 Å². The molecule has 1 aliphatic rings. The number of rotatable bonds is 7. The van der Waals surface area contributed by atoms with E-state index in [1.807, 2.05) is 36.1 Å². The number of likely N-dealkylation sites (tertiary alicyclic amines) is 1. The van der Waals surface area contributed by atoms with Crippen molar-refractivity contribution in [3.63, 3.8) is 0 Å². The molecule has 1 heterocycles. The van der Waals surface area contributed by atoms with Crippen LogP contribution >= 0.6 is 0 Å². The zero-order valence-electron chi connectivity index (χ0n) is 19.6. The van der Waals surface area contributed by atoms with Crippen molar-refractivity contribution in [1.29, 1.82) is 0 Å². The average molecular weight is 439 g/mol. The van der Waals surface area contributed by atoms with E-state index >= 15 is 0 Å². The van der Waals surface area contributed by atoms with E-state index in [4.69, 9.17) is 9.47 Å². The van der Waals surface area contributed by atoms with Crippen LogP contribution in [-0.4, -0.2) is 43.0 Å². The lowest BCUT2D eigenvalue weighted by molar-refractivity contribution is -0.134. The van der Waals surface area contributed by atoms with Crippen molar-refractivity contribution in [2.75, 3.05) is 31.6 Å². The second-order valence-corrected chi connectivity index (χ2v) is 9.07. The van der Waals surface area contributed by atoms with Crippen LogP contribution in [0.15, 0.2) is 42.5 Å². The Hall–Kier alpha value is -3.02. The summed E-state index contributed by atoms with van der Waals surface area (Å²) in [5.41, 5.74) is 2.22. The second kappa shape index (κ2) is 10.5. The van der Waals surface area contributed by atoms with Gasteiger partial charge in [0.2, 0.25) is 0 Å². The molecule has 2 aromatic rings. The summed E-state index contributed by atoms with van der Waals surface area (Å²) in [4.78, 5) is 27.2. The monoisotopic (exact) mass is 438 g/mol. The maximum absolute atomic E-state index is 13.0. The van der Waals surface area contributed by atoms with E-state index in [2.05, 4.69) is 26.1 Å². The minimum atomic E-state index is -0.224. The lowest BCUT2D eigenvalue weighted by Crippen LogP contribution is -2.38. The lowest BCUT2D eigenvalue weighted by atomic mass is 9.86. The molecule has 0 aromatic heterocycles. The van der Waals surface area contributed by atoms with Gasteiger partial charge in [0, 0.05) is 24.3 Å². The first kappa shape index (κ1) is 23.6. The molecular formula is C26H34N2O4. The van der Waals surface area contributed by atoms with Gasteiger partial charge in [-0.2, -0.15) is 0 Å². The predicted molar refractivity (Wildman–Crippen MR) is 127 cm³/mol. The summed E-state index contributed by atoms with van der Waals surface area (Å²) in [5.74, 6) is 0.672. The SMILES string of the molecule is CCOc1cc(C(=O)Nc2ccccc2C(C)(C)C)ccc1OCC(=O)N1CCCCC1. The van der Waals surface area contributed by atoms with Gasteiger partial charge >= 0.3 is 0 Å². The number of hydrogen-bond donors (Lipinski definition) is 1. The number of para-hydroxylation sites is 1. The smallest absolute Gasteiger partial charge is 0.260 e. The van der Waals surface area contributed by atoms with E-state index < -0.39 is 0 Å². The number of piperidine rings is 1. The van der Waals surface area contributed by atoms with Crippen LogP contribution in [0.25, 0.3) is 0 Å². The van der Waals surface area contributed by atoms with Gasteiger partial charge in [-0.15, -0.1) is 0 Å². The van der Waals surface area contributed by atoms with Crippen molar-refractivity contribution in [3.8, 4) is 11.5 Å². The summed E-state index contributed by atoms with van der Waals surface area (Å²) in [6, 6.07) is 12.9. The van der Waals surface area contributed by atoms with E-state index in [-0.39, 0.29) is 23.8 Å². The number of hydrogen-bond acceptors (Lipinski definition) is 4. The first-order valence-electron chi connectivity index (χ1n) is 11.4. The summed E-state index contributed by atoms with van der Waals surface area (Å²) >= 11 is 0. The number of ether oxygens (including phenoxy) is 2. The van der Waals surface area contributed by atoms with Crippen molar-refractivity contribution in [2.24, 2.45) is 0 Å². The van der Waals surface area contributed by atoms with Gasteiger partial charge in [0.25, 0.3) is 11.8 Å². The van der Waals surface area contributed by atoms with Gasteiger partial charge in [-0.1, -0.05) is 39.0 Å². The van der Waals surface area contributed by atoms with Crippen LogP contribution in [0, 0.1) is 0 Å². The van der Waals surface area contributed by atoms with E-state index in [0.717, 1.165) is 37.2 Å². The predicted octanol–water partition coefficient (Wildman–Crippen LogP) is 5.03. The molecule has 2 amide bonds. The quantitative estimate of drug-likeness (QED) is 0.659. The van der Waals surface area contributed by atoms with Crippen molar-refractivity contribution >= 4 is 17.5 Å². The van der Waals surface area contributed by atoms with Crippen LogP contribution in [-0.2, 0) is 10.2 Å². The van der Waals surface area contributed by atoms with Crippen LogP contribution in [0.3, 0.4) is 0 Å². The molecule has 1 fully saturated rings. The Bertz CT molecular complexity index is 943. The topological polar surface area (TPSA) is 67.9 Å². The van der Waals surface area contributed by atoms with Crippen LogP contribution < -0.4 is 14.8 Å². The molecule has 0 atom stereocenters. The summed E-state index contributed by atoms with van der Waals surface area (Å²) in [7, 11) is 0. The van der Waals surface area contributed by atoms with Crippen LogP contribution in [0.4, 0.5) is 5.69 Å². The number of nitrogens with zero attached hydrogens (tertiary/aromatic N) is 1. The van der Waals surface area contributed by atoms with E-state index in [9.17, 15) is 9.59 Å². The van der Waals surface area contributed by atoms with Crippen LogP contribution in [0.5, 0.6) is 11.5 Å². The highest BCUT2D eigenvalue weighted by Gasteiger charge is 2.21. The number of amides is 2. The minimum absolute atomic E-state index is 0.0206. The summed E-state index contributed by atoms with van der Waals surface area (Å²) < 4.78 is 11.5. The van der Waals surface area contributed by atoms with Gasteiger partial charge in [-0.3, -0.25) is 9.59 Å². The standard InChI is InChI=1S/C26H34N2O4/c1-5-31-23-17-19(25(30)27-21-12-8-7-11-20(21)26(2,3)4)13-14-22(23)32-18-24(29)28-15-9-6-10-16-28/h7-8,11-14,17H,5-6,9-10,15-16,18H2,1-4H3,(H,27,30). The van der Waals surface area contributed by atoms with Crippen molar-refractivity contribution in [1.82, 2.24) is 4.90 Å². The van der Waals surface area contributed by atoms with Gasteiger partial charge in [0.15, 0.2) is 18.1 Å². The molecule has 0 saturated carbocycles. The zero-order valence-corrected chi connectivity index (χ0v) is 19.6. The van der Waals surface area contributed by atoms with E-state index in [1.54, 1.807) is 18.2 Å². The van der Waals surface area contributed by atoms with Crippen LogP contribution in [0.1, 0.15) is 62.9 Å². The molecule has 0 bridgehead atoms. The Morgan fingerprint density at radius 2 is 1.69 bits per heavy atom. The molecule has 6 nitrogen and oxygen atoms in total. The highest BCUT2D eigenvalue weighted by Crippen LogP contribution is 2.31. The molecule has 0 aliphatic carbocycles. The molecule has 1 saturated heterocycles. The minimum Gasteiger partial charge on any atom is -0.490 e. The number of carbonyl (C=O) groups is 2. The van der Waals surface area contributed by atoms with Crippen molar-refractivity contribution in [2.45, 2.75) is 52.4 Å². The molecule has 3 rings (SSSR count). The van der Waals surface area contributed by atoms with Gasteiger partial charge < -0.3 is 19.7 Å². The zero-order chi connectivity index (χ0) is 23.1. The van der Waals surface area contributed by atoms with Gasteiger partial charge in [-0.05, 0) is 61.4 Å². The van der Waals surface area contributed by atoms with Gasteiger partial charge in [0.1, 0.15) is 0 Å². The molecule has 32 heavy (non-hydrogen) atoms. The Labute approximate surface area is 190 Å². The van der Waals surface area contributed by atoms with Crippen molar-refractivity contribution < 1.29 is 19.1 Å². The largest absolute Gasteiger partial charge is 0.490 e. The van der Waals surface area contributed by atoms with Gasteiger partial charge in [-0.25, -0.2) is 0 Å². The fourth-order valence-electron chi connectivity index (χ4n) is 3.85. The third-order valence-corrected chi connectivity index (χ3v) is 5.55. The molecule has 2 aromatic carbocycles. The number of carbonyl (C=O) groups excluding carboxylic acids is 2. The molecule has 0 radical (unpaired) electrons. The number of benzene rings is 2. The molecule has 1 N–H and O–H groups in total. The Morgan fingerprint density at radius 1 is 0.969 bits per heavy atom. The highest BCUT2D eigenvalue weighted by molar-refractivity contribution is 6.05. The lowest BCUT2D eigenvalue weighted by Gasteiger charge is -2.26. The first-order valence-corrected chi connectivity index (χ1v) is 11.4. The Morgan fingerprint density at radius 3 is 2.38 bits per heavy atom. The normalized spacial score (nSPS) is 14.1. The molecule has 172 valence electrons. The molecular weight excluding hydrogens is 404 g/mol. The van der Waals surface area contributed by atoms with Crippen molar-refractivity contribution in [3.05, 3.63) is 53.6 Å². The van der Waals surface area contributed by atoms with Crippen LogP contribution in [0.2, 0.25) is 0 Å². The maximum atomic E-state index is 13.0. The Balaban J connectivity index is 1.72. The maximum Gasteiger partial charge on any atom is 0.260 e. The molecule has 0 unspecified atom stereocenters. The van der Waals surface area contributed by atoms with Gasteiger partial charge in [0.05, 0.1) is 6.61 Å². The molecule has 1 aliphatic heterocycles. The Kier molecular flexibility index (Phi) is 7.78. The average Bonchev–Trinajstić information content (AvgIpc) is 2.78. The number of nitrogens with one attached hydrogen (secondary N) is 1. The second-order valence-electron chi connectivity index (χ2n) is 9.07. The fourth-order valence-corrected chi connectivity index (χ4v) is 3.85. The molecule has 6 heteroatoms.